The van der Waals surface area contributed by atoms with Gasteiger partial charge in [-0.1, -0.05) is 49.9 Å². The van der Waals surface area contributed by atoms with Crippen molar-refractivity contribution in [2.24, 2.45) is 0 Å². The lowest BCUT2D eigenvalue weighted by atomic mass is 9.76. The van der Waals surface area contributed by atoms with Gasteiger partial charge in [0.15, 0.2) is 0 Å². The minimum atomic E-state index is -0.0765. The molecule has 0 amide bonds. The molecule has 1 unspecified atom stereocenters. The highest BCUT2D eigenvalue weighted by molar-refractivity contribution is 6.30. The molecule has 1 aliphatic rings. The number of nitrogens with one attached hydrogen (secondary N) is 1. The molecule has 0 heterocycles. The van der Waals surface area contributed by atoms with Crippen LogP contribution in [0.25, 0.3) is 0 Å². The van der Waals surface area contributed by atoms with Crippen molar-refractivity contribution in [2.75, 3.05) is 13.2 Å². The van der Waals surface area contributed by atoms with Crippen LogP contribution in [0.15, 0.2) is 24.3 Å². The van der Waals surface area contributed by atoms with Crippen LogP contribution in [0.2, 0.25) is 5.02 Å². The molecule has 1 N–H and O–H groups in total. The molecule has 0 saturated heterocycles. The Morgan fingerprint density at radius 2 is 2.00 bits per heavy atom. The van der Waals surface area contributed by atoms with E-state index in [1.54, 1.807) is 0 Å². The molecule has 2 rings (SSSR count). The molecule has 2 nitrogen and oxygen atoms in total. The third-order valence-corrected chi connectivity index (χ3v) is 4.67. The van der Waals surface area contributed by atoms with Crippen LogP contribution in [0.5, 0.6) is 0 Å². The first kappa shape index (κ1) is 16.8. The molecular weight excluding hydrogens is 282 g/mol. The maximum absolute atomic E-state index is 6.32. The predicted molar refractivity (Wildman–Crippen MR) is 89.9 cm³/mol. The number of benzene rings is 1. The van der Waals surface area contributed by atoms with Gasteiger partial charge >= 0.3 is 0 Å². The van der Waals surface area contributed by atoms with Crippen LogP contribution in [0.4, 0.5) is 0 Å². The summed E-state index contributed by atoms with van der Waals surface area (Å²) in [6, 6.07) is 8.48. The maximum atomic E-state index is 6.32. The first-order chi connectivity index (χ1) is 10.2. The fourth-order valence-corrected chi connectivity index (χ4v) is 3.74. The van der Waals surface area contributed by atoms with Crippen LogP contribution in [0, 0.1) is 0 Å². The summed E-state index contributed by atoms with van der Waals surface area (Å²) in [4.78, 5) is 0. The minimum absolute atomic E-state index is 0.0765. The Kier molecular flexibility index (Phi) is 6.53. The standard InChI is InChI=1S/C18H28ClNO/c1-3-13-20-17(15-9-8-10-16(19)14-15)18(21-4-2)11-6-5-7-12-18/h8-10,14,17,20H,3-7,11-13H2,1-2H3. The summed E-state index contributed by atoms with van der Waals surface area (Å²) in [6.07, 6.45) is 7.23. The highest BCUT2D eigenvalue weighted by atomic mass is 35.5. The van der Waals surface area contributed by atoms with E-state index in [0.29, 0.717) is 0 Å². The molecule has 1 aliphatic carbocycles. The average Bonchev–Trinajstić information content (AvgIpc) is 2.49. The molecule has 3 heteroatoms. The van der Waals surface area contributed by atoms with E-state index in [0.717, 1.165) is 37.4 Å². The number of hydrogen-bond acceptors (Lipinski definition) is 2. The number of halogens is 1. The van der Waals surface area contributed by atoms with Crippen molar-refractivity contribution in [3.8, 4) is 0 Å². The average molecular weight is 310 g/mol. The second-order valence-corrected chi connectivity index (χ2v) is 6.44. The molecule has 0 aromatic heterocycles. The summed E-state index contributed by atoms with van der Waals surface area (Å²) in [5.74, 6) is 0. The fraction of sp³-hybridized carbons (Fsp3) is 0.667. The van der Waals surface area contributed by atoms with Gasteiger partial charge in [0, 0.05) is 11.6 Å². The Morgan fingerprint density at radius 3 is 2.62 bits per heavy atom. The Labute approximate surface area is 134 Å². The normalized spacial score (nSPS) is 19.4. The van der Waals surface area contributed by atoms with Gasteiger partial charge in [0.05, 0.1) is 11.6 Å². The van der Waals surface area contributed by atoms with Gasteiger partial charge in [-0.2, -0.15) is 0 Å². The smallest absolute Gasteiger partial charge is 0.0876 e. The van der Waals surface area contributed by atoms with Gasteiger partial charge < -0.3 is 10.1 Å². The summed E-state index contributed by atoms with van der Waals surface area (Å²) >= 11 is 6.22. The van der Waals surface area contributed by atoms with E-state index in [9.17, 15) is 0 Å². The zero-order chi connectivity index (χ0) is 15.1. The zero-order valence-electron chi connectivity index (χ0n) is 13.3. The summed E-state index contributed by atoms with van der Waals surface area (Å²) in [7, 11) is 0. The van der Waals surface area contributed by atoms with E-state index >= 15 is 0 Å². The summed E-state index contributed by atoms with van der Waals surface area (Å²) in [5.41, 5.74) is 1.18. The van der Waals surface area contributed by atoms with E-state index in [1.165, 1.54) is 24.8 Å². The summed E-state index contributed by atoms with van der Waals surface area (Å²) in [6.45, 7) is 6.08. The molecule has 118 valence electrons. The first-order valence-corrected chi connectivity index (χ1v) is 8.72. The van der Waals surface area contributed by atoms with E-state index in [-0.39, 0.29) is 11.6 Å². The second kappa shape index (κ2) is 8.17. The lowest BCUT2D eigenvalue weighted by Crippen LogP contribution is -2.48. The van der Waals surface area contributed by atoms with Crippen molar-refractivity contribution in [2.45, 2.75) is 64.0 Å². The van der Waals surface area contributed by atoms with Crippen LogP contribution in [0.1, 0.15) is 64.0 Å². The van der Waals surface area contributed by atoms with E-state index < -0.39 is 0 Å². The van der Waals surface area contributed by atoms with Gasteiger partial charge in [-0.3, -0.25) is 0 Å². The molecule has 0 spiro atoms. The first-order valence-electron chi connectivity index (χ1n) is 8.34. The molecule has 1 aromatic carbocycles. The van der Waals surface area contributed by atoms with Crippen molar-refractivity contribution in [1.82, 2.24) is 5.32 Å². The minimum Gasteiger partial charge on any atom is -0.373 e. The van der Waals surface area contributed by atoms with Gasteiger partial charge in [0.2, 0.25) is 0 Å². The molecule has 1 atom stereocenters. The van der Waals surface area contributed by atoms with E-state index in [4.69, 9.17) is 16.3 Å². The third-order valence-electron chi connectivity index (χ3n) is 4.44. The van der Waals surface area contributed by atoms with Crippen LogP contribution in [0.3, 0.4) is 0 Å². The Bertz CT molecular complexity index is 423. The van der Waals surface area contributed by atoms with Crippen molar-refractivity contribution in [1.29, 1.82) is 0 Å². The van der Waals surface area contributed by atoms with Crippen LogP contribution < -0.4 is 5.32 Å². The molecule has 1 saturated carbocycles. The molecule has 1 fully saturated rings. The van der Waals surface area contributed by atoms with Crippen molar-refractivity contribution in [3.63, 3.8) is 0 Å². The topological polar surface area (TPSA) is 21.3 Å². The molecular formula is C18H28ClNO. The van der Waals surface area contributed by atoms with Crippen LogP contribution in [-0.4, -0.2) is 18.8 Å². The molecule has 21 heavy (non-hydrogen) atoms. The third kappa shape index (κ3) is 4.21. The summed E-state index contributed by atoms with van der Waals surface area (Å²) in [5, 5.41) is 4.53. The summed E-state index contributed by atoms with van der Waals surface area (Å²) < 4.78 is 6.32. The highest BCUT2D eigenvalue weighted by Crippen LogP contribution is 2.42. The number of ether oxygens (including phenoxy) is 1. The molecule has 1 aromatic rings. The van der Waals surface area contributed by atoms with Gasteiger partial charge in [-0.15, -0.1) is 0 Å². The maximum Gasteiger partial charge on any atom is 0.0876 e. The van der Waals surface area contributed by atoms with Crippen molar-refractivity contribution in [3.05, 3.63) is 34.9 Å². The highest BCUT2D eigenvalue weighted by Gasteiger charge is 2.41. The van der Waals surface area contributed by atoms with Crippen molar-refractivity contribution >= 4 is 11.6 Å². The number of hydrogen-bond donors (Lipinski definition) is 1. The SMILES string of the molecule is CCCNC(c1cccc(Cl)c1)C1(OCC)CCCCC1. The molecule has 0 radical (unpaired) electrons. The number of rotatable bonds is 7. The zero-order valence-corrected chi connectivity index (χ0v) is 14.1. The predicted octanol–water partition coefficient (Wildman–Crippen LogP) is 5.12. The van der Waals surface area contributed by atoms with Crippen molar-refractivity contribution < 1.29 is 4.74 Å². The van der Waals surface area contributed by atoms with Crippen LogP contribution in [-0.2, 0) is 4.74 Å². The second-order valence-electron chi connectivity index (χ2n) is 6.00. The van der Waals surface area contributed by atoms with Gasteiger partial charge in [0.25, 0.3) is 0 Å². The van der Waals surface area contributed by atoms with E-state index in [2.05, 4.69) is 31.3 Å². The van der Waals surface area contributed by atoms with Gasteiger partial charge in [-0.25, -0.2) is 0 Å². The van der Waals surface area contributed by atoms with Gasteiger partial charge in [-0.05, 0) is 50.4 Å². The fourth-order valence-electron chi connectivity index (χ4n) is 3.54. The van der Waals surface area contributed by atoms with E-state index in [1.807, 2.05) is 12.1 Å². The Balaban J connectivity index is 2.31. The Morgan fingerprint density at radius 1 is 1.24 bits per heavy atom. The molecule has 0 bridgehead atoms. The van der Waals surface area contributed by atoms with Crippen LogP contribution >= 0.6 is 11.6 Å². The lowest BCUT2D eigenvalue weighted by molar-refractivity contribution is -0.0912. The quantitative estimate of drug-likeness (QED) is 0.754. The lowest BCUT2D eigenvalue weighted by Gasteiger charge is -2.44. The molecule has 0 aliphatic heterocycles. The monoisotopic (exact) mass is 309 g/mol. The largest absolute Gasteiger partial charge is 0.373 e. The van der Waals surface area contributed by atoms with Gasteiger partial charge in [0.1, 0.15) is 0 Å². The Hall–Kier alpha value is -0.570.